The van der Waals surface area contributed by atoms with Crippen molar-refractivity contribution in [1.82, 2.24) is 10.6 Å². The van der Waals surface area contributed by atoms with Crippen LogP contribution in [0.25, 0.3) is 0 Å². The number of aliphatic carboxylic acids is 1. The molecule has 2 aliphatic heterocycles. The molecule has 2 saturated heterocycles. The molecule has 3 N–H and O–H groups in total. The second-order valence-electron chi connectivity index (χ2n) is 4.82. The average Bonchev–Trinajstić information content (AvgIpc) is 2.87. The maximum Gasteiger partial charge on any atom is 0.331 e. The van der Waals surface area contributed by atoms with Gasteiger partial charge in [0.2, 0.25) is 5.91 Å². The molecule has 0 spiro atoms. The molecule has 3 unspecified atom stereocenters. The number of ether oxygens (including phenoxy) is 1. The van der Waals surface area contributed by atoms with E-state index in [1.165, 1.54) is 0 Å². The lowest BCUT2D eigenvalue weighted by molar-refractivity contribution is -0.148. The summed E-state index contributed by atoms with van der Waals surface area (Å²) in [6, 6.07) is 0.100. The monoisotopic (exact) mass is 242 g/mol. The summed E-state index contributed by atoms with van der Waals surface area (Å²) in [4.78, 5) is 23.3. The molecule has 3 atom stereocenters. The summed E-state index contributed by atoms with van der Waals surface area (Å²) < 4.78 is 5.10. The Kier molecular flexibility index (Phi) is 3.35. The van der Waals surface area contributed by atoms with E-state index < -0.39 is 11.5 Å². The number of carbonyl (C=O) groups is 2. The molecular weight excluding hydrogens is 224 g/mol. The van der Waals surface area contributed by atoms with Crippen LogP contribution in [0.5, 0.6) is 0 Å². The minimum Gasteiger partial charge on any atom is -0.479 e. The van der Waals surface area contributed by atoms with Crippen LogP contribution >= 0.6 is 0 Å². The number of nitrogens with one attached hydrogen (secondary N) is 2. The van der Waals surface area contributed by atoms with Crippen molar-refractivity contribution in [2.24, 2.45) is 5.92 Å². The molecule has 0 aromatic rings. The van der Waals surface area contributed by atoms with E-state index in [9.17, 15) is 14.7 Å². The Hall–Kier alpha value is -1.14. The van der Waals surface area contributed by atoms with Gasteiger partial charge in [0.25, 0.3) is 0 Å². The van der Waals surface area contributed by atoms with E-state index in [0.717, 1.165) is 13.0 Å². The maximum absolute atomic E-state index is 12.1. The van der Waals surface area contributed by atoms with E-state index in [4.69, 9.17) is 4.74 Å². The van der Waals surface area contributed by atoms with E-state index in [-0.39, 0.29) is 24.5 Å². The van der Waals surface area contributed by atoms with Gasteiger partial charge in [-0.2, -0.15) is 0 Å². The predicted molar refractivity (Wildman–Crippen MR) is 59.5 cm³/mol. The Morgan fingerprint density at radius 1 is 1.53 bits per heavy atom. The SMILES string of the molecule is CC1NCCC1C(=O)NC1(C(=O)O)CCOC1. The van der Waals surface area contributed by atoms with Crippen LogP contribution in [0.2, 0.25) is 0 Å². The molecule has 2 rings (SSSR count). The summed E-state index contributed by atoms with van der Waals surface area (Å²) in [5, 5.41) is 15.0. The zero-order valence-corrected chi connectivity index (χ0v) is 9.86. The van der Waals surface area contributed by atoms with Gasteiger partial charge < -0.3 is 20.5 Å². The zero-order chi connectivity index (χ0) is 12.5. The van der Waals surface area contributed by atoms with Gasteiger partial charge in [0.05, 0.1) is 12.5 Å². The van der Waals surface area contributed by atoms with Crippen LogP contribution in [0.3, 0.4) is 0 Å². The largest absolute Gasteiger partial charge is 0.479 e. The highest BCUT2D eigenvalue weighted by Gasteiger charge is 2.45. The van der Waals surface area contributed by atoms with Crippen molar-refractivity contribution in [1.29, 1.82) is 0 Å². The summed E-state index contributed by atoms with van der Waals surface area (Å²) >= 11 is 0. The smallest absolute Gasteiger partial charge is 0.331 e. The van der Waals surface area contributed by atoms with Gasteiger partial charge >= 0.3 is 5.97 Å². The lowest BCUT2D eigenvalue weighted by Crippen LogP contribution is -2.57. The van der Waals surface area contributed by atoms with Gasteiger partial charge in [-0.05, 0) is 19.9 Å². The summed E-state index contributed by atoms with van der Waals surface area (Å²) in [5.41, 5.74) is -1.22. The standard InChI is InChI=1S/C11H18N2O4/c1-7-8(2-4-12-7)9(14)13-11(10(15)16)3-5-17-6-11/h7-8,12H,2-6H2,1H3,(H,13,14)(H,15,16). The van der Waals surface area contributed by atoms with Gasteiger partial charge in [-0.3, -0.25) is 4.79 Å². The first kappa shape index (κ1) is 12.3. The third-order valence-electron chi connectivity index (χ3n) is 3.66. The number of carbonyl (C=O) groups excluding carboxylic acids is 1. The predicted octanol–water partition coefficient (Wildman–Crippen LogP) is -0.656. The summed E-state index contributed by atoms with van der Waals surface area (Å²) in [5.74, 6) is -1.34. The lowest BCUT2D eigenvalue weighted by Gasteiger charge is -2.26. The Balaban J connectivity index is 2.03. The highest BCUT2D eigenvalue weighted by Crippen LogP contribution is 2.22. The number of carboxylic acids is 1. The van der Waals surface area contributed by atoms with Crippen LogP contribution in [-0.2, 0) is 14.3 Å². The number of hydrogen-bond acceptors (Lipinski definition) is 4. The van der Waals surface area contributed by atoms with Crippen LogP contribution in [0, 0.1) is 5.92 Å². The molecule has 2 fully saturated rings. The van der Waals surface area contributed by atoms with Crippen molar-refractivity contribution >= 4 is 11.9 Å². The minimum atomic E-state index is -1.22. The summed E-state index contributed by atoms with van der Waals surface area (Å²) in [7, 11) is 0. The fourth-order valence-corrected chi connectivity index (χ4v) is 2.43. The Morgan fingerprint density at radius 2 is 2.29 bits per heavy atom. The first-order valence-electron chi connectivity index (χ1n) is 5.92. The number of amides is 1. The van der Waals surface area contributed by atoms with Crippen LogP contribution < -0.4 is 10.6 Å². The van der Waals surface area contributed by atoms with Gasteiger partial charge in [0.1, 0.15) is 0 Å². The molecular formula is C11H18N2O4. The van der Waals surface area contributed by atoms with Crippen molar-refractivity contribution in [3.8, 4) is 0 Å². The molecule has 6 heteroatoms. The van der Waals surface area contributed by atoms with E-state index in [1.807, 2.05) is 6.92 Å². The summed E-state index contributed by atoms with van der Waals surface area (Å²) in [6.45, 7) is 3.18. The van der Waals surface area contributed by atoms with E-state index >= 15 is 0 Å². The zero-order valence-electron chi connectivity index (χ0n) is 9.86. The molecule has 96 valence electrons. The maximum atomic E-state index is 12.1. The normalized spacial score (nSPS) is 37.0. The molecule has 0 saturated carbocycles. The first-order chi connectivity index (χ1) is 8.05. The first-order valence-corrected chi connectivity index (χ1v) is 5.92. The van der Waals surface area contributed by atoms with Crippen molar-refractivity contribution < 1.29 is 19.4 Å². The van der Waals surface area contributed by atoms with E-state index in [0.29, 0.717) is 13.0 Å². The summed E-state index contributed by atoms with van der Waals surface area (Å²) in [6.07, 6.45) is 1.09. The van der Waals surface area contributed by atoms with Crippen molar-refractivity contribution in [2.45, 2.75) is 31.3 Å². The highest BCUT2D eigenvalue weighted by atomic mass is 16.5. The molecule has 0 aliphatic carbocycles. The molecule has 0 bridgehead atoms. The molecule has 0 radical (unpaired) electrons. The van der Waals surface area contributed by atoms with Crippen LogP contribution in [0.1, 0.15) is 19.8 Å². The van der Waals surface area contributed by atoms with Gasteiger partial charge in [-0.1, -0.05) is 0 Å². The fraction of sp³-hybridized carbons (Fsp3) is 0.818. The van der Waals surface area contributed by atoms with Crippen molar-refractivity contribution in [3.63, 3.8) is 0 Å². The highest BCUT2D eigenvalue weighted by molar-refractivity contribution is 5.89. The molecule has 17 heavy (non-hydrogen) atoms. The molecule has 2 aliphatic rings. The minimum absolute atomic E-state index is 0.0581. The molecule has 6 nitrogen and oxygen atoms in total. The van der Waals surface area contributed by atoms with Crippen LogP contribution in [0.4, 0.5) is 0 Å². The Bertz CT molecular complexity index is 325. The van der Waals surface area contributed by atoms with Crippen LogP contribution in [-0.4, -0.2) is 48.3 Å². The second-order valence-corrected chi connectivity index (χ2v) is 4.82. The van der Waals surface area contributed by atoms with Gasteiger partial charge in [0, 0.05) is 19.1 Å². The van der Waals surface area contributed by atoms with E-state index in [2.05, 4.69) is 10.6 Å². The van der Waals surface area contributed by atoms with Crippen molar-refractivity contribution in [2.75, 3.05) is 19.8 Å². The number of carboxylic acid groups (broad SMARTS) is 1. The fourth-order valence-electron chi connectivity index (χ4n) is 2.43. The molecule has 1 amide bonds. The third kappa shape index (κ3) is 2.28. The molecule has 0 aromatic carbocycles. The number of rotatable bonds is 3. The third-order valence-corrected chi connectivity index (χ3v) is 3.66. The quantitative estimate of drug-likeness (QED) is 0.612. The number of hydrogen-bond donors (Lipinski definition) is 3. The van der Waals surface area contributed by atoms with Gasteiger partial charge in [-0.25, -0.2) is 4.79 Å². The van der Waals surface area contributed by atoms with Gasteiger partial charge in [0.15, 0.2) is 5.54 Å². The Morgan fingerprint density at radius 3 is 2.76 bits per heavy atom. The average molecular weight is 242 g/mol. The lowest BCUT2D eigenvalue weighted by atomic mass is 9.95. The molecule has 0 aromatic heterocycles. The van der Waals surface area contributed by atoms with Crippen molar-refractivity contribution in [3.05, 3.63) is 0 Å². The molecule has 2 heterocycles. The topological polar surface area (TPSA) is 87.7 Å². The van der Waals surface area contributed by atoms with E-state index in [1.54, 1.807) is 0 Å². The van der Waals surface area contributed by atoms with Gasteiger partial charge in [-0.15, -0.1) is 0 Å². The van der Waals surface area contributed by atoms with Crippen LogP contribution in [0.15, 0.2) is 0 Å². The Labute approximate surface area is 99.7 Å². The second kappa shape index (κ2) is 4.62.